The lowest BCUT2D eigenvalue weighted by atomic mass is 10.0. The lowest BCUT2D eigenvalue weighted by Crippen LogP contribution is -2.05. The number of carboxylic acid groups (broad SMARTS) is 2. The second kappa shape index (κ2) is 59.5. The Bertz CT molecular complexity index is 814. The minimum Gasteiger partial charge on any atom is -0.481 e. The third kappa shape index (κ3) is 68.2. The van der Waals surface area contributed by atoms with E-state index in [0.29, 0.717) is 25.9 Å². The largest absolute Gasteiger partial charge is 0.481 e. The van der Waals surface area contributed by atoms with E-state index < -0.39 is 11.9 Å². The van der Waals surface area contributed by atoms with Crippen LogP contribution in [0.1, 0.15) is 323 Å². The number of carbonyl (C=O) groups excluding carboxylic acids is 1. The fourth-order valence-electron chi connectivity index (χ4n) is 7.63. The summed E-state index contributed by atoms with van der Waals surface area (Å²) < 4.78 is 5.16. The Balaban J connectivity index is -0.000000829. The number of hydrogen-bond acceptors (Lipinski definition) is 4. The molecule has 0 bridgehead atoms. The van der Waals surface area contributed by atoms with Crippen LogP contribution in [0.5, 0.6) is 0 Å². The fourth-order valence-corrected chi connectivity index (χ4v) is 7.63. The number of hydrogen-bond donors (Lipinski definition) is 2. The van der Waals surface area contributed by atoms with E-state index in [-0.39, 0.29) is 5.97 Å². The van der Waals surface area contributed by atoms with E-state index in [4.69, 9.17) is 14.9 Å². The summed E-state index contributed by atoms with van der Waals surface area (Å²) in [5, 5.41) is 17.0. The average molecular weight is 853 g/mol. The Hall–Kier alpha value is -1.59. The van der Waals surface area contributed by atoms with Gasteiger partial charge in [0.1, 0.15) is 0 Å². The first-order chi connectivity index (χ1) is 29.3. The summed E-state index contributed by atoms with van der Waals surface area (Å²) >= 11 is 0. The van der Waals surface area contributed by atoms with Gasteiger partial charge in [-0.05, 0) is 25.7 Å². The number of ether oxygens (including phenoxy) is 1. The summed E-state index contributed by atoms with van der Waals surface area (Å²) in [6.07, 6.45) is 57.6. The molecule has 0 aromatic heterocycles. The number of carboxylic acids is 2. The standard InChI is InChI=1S/C22H44O2.C18H36O2.C14H28O2/c1-3-5-7-8-9-10-11-12-13-14-15-16-17-18-19-20-22(23)24-21-6-4-2;1-2-3-4-5-6-7-8-9-10-11-12-13-14-15-16-17-18(19)20;1-2-3-4-5-6-7-8-9-10-11-12-13-14(15)16/h3-21H2,1-2H3;2-17H2,1H3,(H,19,20);2-13H2,1H3,(H,15,16). The fraction of sp³-hybridized carbons (Fsp3) is 0.944. The van der Waals surface area contributed by atoms with Gasteiger partial charge in [-0.1, -0.05) is 278 Å². The van der Waals surface area contributed by atoms with Gasteiger partial charge in [-0.3, -0.25) is 14.4 Å². The Morgan fingerprint density at radius 1 is 0.267 bits per heavy atom. The van der Waals surface area contributed by atoms with Crippen molar-refractivity contribution in [2.75, 3.05) is 6.61 Å². The zero-order chi connectivity index (χ0) is 44.7. The molecule has 0 aromatic carbocycles. The monoisotopic (exact) mass is 853 g/mol. The van der Waals surface area contributed by atoms with Crippen LogP contribution in [0, 0.1) is 0 Å². The van der Waals surface area contributed by atoms with Crippen LogP contribution in [0.3, 0.4) is 0 Å². The first-order valence-corrected chi connectivity index (χ1v) is 26.9. The van der Waals surface area contributed by atoms with Crippen molar-refractivity contribution in [3.05, 3.63) is 0 Å². The zero-order valence-electron chi connectivity index (χ0n) is 41.3. The third-order valence-corrected chi connectivity index (χ3v) is 11.7. The van der Waals surface area contributed by atoms with Gasteiger partial charge in [0.05, 0.1) is 6.61 Å². The van der Waals surface area contributed by atoms with Crippen LogP contribution < -0.4 is 0 Å². The average Bonchev–Trinajstić information content (AvgIpc) is 3.23. The maximum absolute atomic E-state index is 11.4. The minimum atomic E-state index is -0.657. The van der Waals surface area contributed by atoms with E-state index in [1.54, 1.807) is 0 Å². The highest BCUT2D eigenvalue weighted by molar-refractivity contribution is 5.69. The van der Waals surface area contributed by atoms with Crippen molar-refractivity contribution in [2.45, 2.75) is 323 Å². The van der Waals surface area contributed by atoms with E-state index in [2.05, 4.69) is 27.7 Å². The SMILES string of the molecule is CCCCCCCCCCCCCC(=O)O.CCCCCCCCCCCCCCCCCC(=O)O.CCCCCCCCCCCCCCCCCC(=O)OCCCC. The molecular formula is C54H108O6. The van der Waals surface area contributed by atoms with Gasteiger partial charge in [0, 0.05) is 19.3 Å². The molecule has 0 fully saturated rings. The van der Waals surface area contributed by atoms with Crippen LogP contribution >= 0.6 is 0 Å². The first kappa shape index (κ1) is 62.7. The topological polar surface area (TPSA) is 101 Å². The molecule has 0 spiro atoms. The quantitative estimate of drug-likeness (QED) is 0.0467. The van der Waals surface area contributed by atoms with E-state index in [1.165, 1.54) is 231 Å². The van der Waals surface area contributed by atoms with Crippen LogP contribution in [-0.2, 0) is 19.1 Å². The summed E-state index contributed by atoms with van der Waals surface area (Å²) in [7, 11) is 0. The highest BCUT2D eigenvalue weighted by Gasteiger charge is 2.02. The summed E-state index contributed by atoms with van der Waals surface area (Å²) in [6.45, 7) is 9.52. The summed E-state index contributed by atoms with van der Waals surface area (Å²) in [5.41, 5.74) is 0. The molecule has 0 amide bonds. The van der Waals surface area contributed by atoms with E-state index in [0.717, 1.165) is 44.9 Å². The van der Waals surface area contributed by atoms with E-state index in [9.17, 15) is 14.4 Å². The van der Waals surface area contributed by atoms with Crippen molar-refractivity contribution >= 4 is 17.9 Å². The molecular weight excluding hydrogens is 745 g/mol. The molecule has 0 rings (SSSR count). The van der Waals surface area contributed by atoms with Crippen LogP contribution in [0.4, 0.5) is 0 Å². The maximum Gasteiger partial charge on any atom is 0.305 e. The Morgan fingerprint density at radius 3 is 0.650 bits per heavy atom. The van der Waals surface area contributed by atoms with E-state index >= 15 is 0 Å². The summed E-state index contributed by atoms with van der Waals surface area (Å²) in [5.74, 6) is -1.31. The van der Waals surface area contributed by atoms with Crippen molar-refractivity contribution in [3.63, 3.8) is 0 Å². The molecule has 6 heteroatoms. The van der Waals surface area contributed by atoms with Crippen LogP contribution in [0.25, 0.3) is 0 Å². The highest BCUT2D eigenvalue weighted by atomic mass is 16.5. The molecule has 0 aliphatic rings. The van der Waals surface area contributed by atoms with Gasteiger partial charge < -0.3 is 14.9 Å². The zero-order valence-corrected chi connectivity index (χ0v) is 41.3. The molecule has 0 unspecified atom stereocenters. The molecule has 2 N–H and O–H groups in total. The van der Waals surface area contributed by atoms with Gasteiger partial charge in [0.25, 0.3) is 0 Å². The molecule has 0 atom stereocenters. The second-order valence-corrected chi connectivity index (χ2v) is 18.0. The number of rotatable bonds is 47. The maximum atomic E-state index is 11.4. The lowest BCUT2D eigenvalue weighted by molar-refractivity contribution is -0.144. The predicted molar refractivity (Wildman–Crippen MR) is 261 cm³/mol. The second-order valence-electron chi connectivity index (χ2n) is 18.0. The molecule has 0 saturated heterocycles. The van der Waals surface area contributed by atoms with Crippen molar-refractivity contribution in [2.24, 2.45) is 0 Å². The number of aliphatic carboxylic acids is 2. The smallest absolute Gasteiger partial charge is 0.305 e. The number of carbonyl (C=O) groups is 3. The van der Waals surface area contributed by atoms with Gasteiger partial charge >= 0.3 is 17.9 Å². The lowest BCUT2D eigenvalue weighted by Gasteiger charge is -2.04. The Kier molecular flexibility index (Phi) is 62.2. The third-order valence-electron chi connectivity index (χ3n) is 11.7. The number of esters is 1. The van der Waals surface area contributed by atoms with Gasteiger partial charge in [-0.25, -0.2) is 0 Å². The first-order valence-electron chi connectivity index (χ1n) is 26.9. The van der Waals surface area contributed by atoms with Crippen molar-refractivity contribution in [1.82, 2.24) is 0 Å². The Labute approximate surface area is 375 Å². The molecule has 6 nitrogen and oxygen atoms in total. The van der Waals surface area contributed by atoms with Crippen molar-refractivity contribution in [1.29, 1.82) is 0 Å². The molecule has 0 aliphatic heterocycles. The predicted octanol–water partition coefficient (Wildman–Crippen LogP) is 18.7. The number of unbranched alkanes of at least 4 members (excludes halogenated alkanes) is 39. The molecule has 0 aromatic rings. The van der Waals surface area contributed by atoms with Crippen molar-refractivity contribution < 1.29 is 29.3 Å². The minimum absolute atomic E-state index is 0.00172. The molecule has 0 saturated carbocycles. The molecule has 0 heterocycles. The van der Waals surface area contributed by atoms with E-state index in [1.807, 2.05) is 0 Å². The Morgan fingerprint density at radius 2 is 0.450 bits per heavy atom. The van der Waals surface area contributed by atoms with Crippen LogP contribution in [0.2, 0.25) is 0 Å². The van der Waals surface area contributed by atoms with Gasteiger partial charge in [0.2, 0.25) is 0 Å². The van der Waals surface area contributed by atoms with Gasteiger partial charge in [0.15, 0.2) is 0 Å². The normalized spacial score (nSPS) is 10.8. The molecule has 60 heavy (non-hydrogen) atoms. The summed E-state index contributed by atoms with van der Waals surface area (Å²) in [4.78, 5) is 32.0. The van der Waals surface area contributed by atoms with Crippen molar-refractivity contribution in [3.8, 4) is 0 Å². The molecule has 360 valence electrons. The van der Waals surface area contributed by atoms with Crippen LogP contribution in [-0.4, -0.2) is 34.7 Å². The molecule has 0 radical (unpaired) electrons. The van der Waals surface area contributed by atoms with Crippen LogP contribution in [0.15, 0.2) is 0 Å². The molecule has 0 aliphatic carbocycles. The summed E-state index contributed by atoms with van der Waals surface area (Å²) in [6, 6.07) is 0. The van der Waals surface area contributed by atoms with Gasteiger partial charge in [-0.15, -0.1) is 0 Å². The highest BCUT2D eigenvalue weighted by Crippen LogP contribution is 2.16. The van der Waals surface area contributed by atoms with Gasteiger partial charge in [-0.2, -0.15) is 0 Å².